The van der Waals surface area contributed by atoms with Crippen LogP contribution in [-0.2, 0) is 6.42 Å². The van der Waals surface area contributed by atoms with Gasteiger partial charge in [-0.1, -0.05) is 52.6 Å². The maximum atomic E-state index is 13.6. The highest BCUT2D eigenvalue weighted by Crippen LogP contribution is 2.47. The zero-order valence-corrected chi connectivity index (χ0v) is 16.4. The van der Waals surface area contributed by atoms with Crippen molar-refractivity contribution in [1.82, 2.24) is 0 Å². The van der Waals surface area contributed by atoms with Gasteiger partial charge in [-0.2, -0.15) is 0 Å². The molecule has 1 fully saturated rings. The summed E-state index contributed by atoms with van der Waals surface area (Å²) in [5, 5.41) is 1.00. The lowest BCUT2D eigenvalue weighted by molar-refractivity contribution is 0.103. The van der Waals surface area contributed by atoms with E-state index in [1.54, 1.807) is 6.07 Å². The fourth-order valence-corrected chi connectivity index (χ4v) is 4.87. The van der Waals surface area contributed by atoms with E-state index < -0.39 is 0 Å². The second-order valence-electron chi connectivity index (χ2n) is 7.73. The predicted molar refractivity (Wildman–Crippen MR) is 95.4 cm³/mol. The van der Waals surface area contributed by atoms with E-state index in [1.807, 2.05) is 0 Å². The molecule has 0 N–H and O–H groups in total. The van der Waals surface area contributed by atoms with Crippen molar-refractivity contribution in [3.63, 3.8) is 0 Å². The molecule has 3 heteroatoms. The van der Waals surface area contributed by atoms with Crippen molar-refractivity contribution in [2.75, 3.05) is 5.33 Å². The number of alkyl halides is 1. The van der Waals surface area contributed by atoms with E-state index in [4.69, 9.17) is 0 Å². The van der Waals surface area contributed by atoms with E-state index in [9.17, 15) is 4.39 Å². The Labute approximate surface area is 145 Å². The minimum atomic E-state index is -0.146. The predicted octanol–water partition coefficient (Wildman–Crippen LogP) is 6.75. The Morgan fingerprint density at radius 1 is 1.19 bits per heavy atom. The third-order valence-electron chi connectivity index (χ3n) is 5.06. The van der Waals surface area contributed by atoms with Gasteiger partial charge >= 0.3 is 0 Å². The standard InChI is InChI=1S/C18H25Br2F/c1-17(2,3)14-4-6-18(12-19,7-5-14)11-13-8-15(20)10-16(21)9-13/h8-10,14H,4-7,11-12H2,1-3H3. The monoisotopic (exact) mass is 418 g/mol. The summed E-state index contributed by atoms with van der Waals surface area (Å²) in [6.45, 7) is 7.05. The van der Waals surface area contributed by atoms with Crippen LogP contribution in [0.25, 0.3) is 0 Å². The molecule has 2 rings (SSSR count). The topological polar surface area (TPSA) is 0 Å². The summed E-state index contributed by atoms with van der Waals surface area (Å²) in [6.07, 6.45) is 5.99. The molecular formula is C18H25Br2F. The molecule has 1 aliphatic rings. The molecule has 0 bridgehead atoms. The maximum absolute atomic E-state index is 13.6. The second kappa shape index (κ2) is 6.70. The zero-order valence-electron chi connectivity index (χ0n) is 13.2. The second-order valence-corrected chi connectivity index (χ2v) is 9.20. The Hall–Kier alpha value is 0.110. The van der Waals surface area contributed by atoms with Gasteiger partial charge in [-0.3, -0.25) is 0 Å². The van der Waals surface area contributed by atoms with Gasteiger partial charge in [-0.15, -0.1) is 0 Å². The fourth-order valence-electron chi connectivity index (χ4n) is 3.60. The largest absolute Gasteiger partial charge is 0.207 e. The van der Waals surface area contributed by atoms with Gasteiger partial charge in [0.1, 0.15) is 5.82 Å². The molecule has 0 aliphatic heterocycles. The van der Waals surface area contributed by atoms with E-state index in [2.05, 4.69) is 58.7 Å². The summed E-state index contributed by atoms with van der Waals surface area (Å²) in [5.74, 6) is 0.663. The van der Waals surface area contributed by atoms with Crippen LogP contribution in [0.5, 0.6) is 0 Å². The lowest BCUT2D eigenvalue weighted by Gasteiger charge is -2.43. The Morgan fingerprint density at radius 3 is 2.29 bits per heavy atom. The number of benzene rings is 1. The van der Waals surface area contributed by atoms with Gasteiger partial charge in [0.05, 0.1) is 0 Å². The van der Waals surface area contributed by atoms with E-state index in [1.165, 1.54) is 31.7 Å². The fraction of sp³-hybridized carbons (Fsp3) is 0.667. The lowest BCUT2D eigenvalue weighted by Crippen LogP contribution is -2.35. The van der Waals surface area contributed by atoms with Crippen molar-refractivity contribution in [1.29, 1.82) is 0 Å². The summed E-state index contributed by atoms with van der Waals surface area (Å²) in [6, 6.07) is 5.27. The summed E-state index contributed by atoms with van der Waals surface area (Å²) in [7, 11) is 0. The molecule has 0 saturated heterocycles. The molecule has 0 radical (unpaired) electrons. The van der Waals surface area contributed by atoms with Gasteiger partial charge in [-0.05, 0) is 72.6 Å². The van der Waals surface area contributed by atoms with E-state index in [0.717, 1.165) is 27.7 Å². The van der Waals surface area contributed by atoms with Gasteiger partial charge in [0.25, 0.3) is 0 Å². The molecule has 1 aliphatic carbocycles. The minimum Gasteiger partial charge on any atom is -0.207 e. The third kappa shape index (κ3) is 4.54. The molecule has 0 nitrogen and oxygen atoms in total. The van der Waals surface area contributed by atoms with Gasteiger partial charge in [0, 0.05) is 9.80 Å². The van der Waals surface area contributed by atoms with Gasteiger partial charge in [0.15, 0.2) is 0 Å². The lowest BCUT2D eigenvalue weighted by atomic mass is 9.63. The Morgan fingerprint density at radius 2 is 1.81 bits per heavy atom. The van der Waals surface area contributed by atoms with Crippen LogP contribution in [0.15, 0.2) is 22.7 Å². The molecule has 0 atom stereocenters. The first kappa shape index (κ1) is 17.5. The summed E-state index contributed by atoms with van der Waals surface area (Å²) < 4.78 is 14.4. The maximum Gasteiger partial charge on any atom is 0.124 e. The first-order valence-corrected chi connectivity index (χ1v) is 9.66. The van der Waals surface area contributed by atoms with E-state index >= 15 is 0 Å². The number of hydrogen-bond acceptors (Lipinski definition) is 0. The number of rotatable bonds is 3. The van der Waals surface area contributed by atoms with Gasteiger partial charge in [-0.25, -0.2) is 4.39 Å². The first-order chi connectivity index (χ1) is 9.74. The quantitative estimate of drug-likeness (QED) is 0.475. The first-order valence-electron chi connectivity index (χ1n) is 7.75. The van der Waals surface area contributed by atoms with Crippen molar-refractivity contribution in [3.05, 3.63) is 34.1 Å². The molecule has 1 saturated carbocycles. The highest BCUT2D eigenvalue weighted by Gasteiger charge is 2.38. The SMILES string of the molecule is CC(C)(C)C1CCC(CBr)(Cc2cc(F)cc(Br)c2)CC1. The molecule has 1 aromatic carbocycles. The molecule has 21 heavy (non-hydrogen) atoms. The molecule has 0 aromatic heterocycles. The van der Waals surface area contributed by atoms with Crippen molar-refractivity contribution >= 4 is 31.9 Å². The van der Waals surface area contributed by atoms with Crippen LogP contribution in [0.2, 0.25) is 0 Å². The number of halogens is 3. The molecular weight excluding hydrogens is 395 g/mol. The van der Waals surface area contributed by atoms with Crippen LogP contribution in [-0.4, -0.2) is 5.33 Å². The molecule has 118 valence electrons. The van der Waals surface area contributed by atoms with E-state index in [-0.39, 0.29) is 11.2 Å². The molecule has 0 heterocycles. The Bertz CT molecular complexity index is 462. The Balaban J connectivity index is 2.10. The third-order valence-corrected chi connectivity index (χ3v) is 6.70. The van der Waals surface area contributed by atoms with Crippen molar-refractivity contribution in [3.8, 4) is 0 Å². The molecule has 0 unspecified atom stereocenters. The minimum absolute atomic E-state index is 0.146. The average molecular weight is 420 g/mol. The van der Waals surface area contributed by atoms with Crippen LogP contribution in [0, 0.1) is 22.6 Å². The average Bonchev–Trinajstić information content (AvgIpc) is 2.37. The summed E-state index contributed by atoms with van der Waals surface area (Å²) >= 11 is 7.13. The van der Waals surface area contributed by atoms with Crippen LogP contribution in [0.3, 0.4) is 0 Å². The van der Waals surface area contributed by atoms with Crippen LogP contribution in [0.1, 0.15) is 52.0 Å². The van der Waals surface area contributed by atoms with Crippen molar-refractivity contribution in [2.45, 2.75) is 52.9 Å². The smallest absolute Gasteiger partial charge is 0.124 e. The summed E-state index contributed by atoms with van der Waals surface area (Å²) in [5.41, 5.74) is 1.80. The molecule has 0 amide bonds. The van der Waals surface area contributed by atoms with Gasteiger partial charge in [0.2, 0.25) is 0 Å². The Kier molecular flexibility index (Phi) is 5.57. The zero-order chi connectivity index (χ0) is 15.7. The normalized spacial score (nSPS) is 26.9. The highest BCUT2D eigenvalue weighted by molar-refractivity contribution is 9.10. The van der Waals surface area contributed by atoms with Crippen molar-refractivity contribution < 1.29 is 4.39 Å². The molecule has 0 spiro atoms. The van der Waals surface area contributed by atoms with E-state index in [0.29, 0.717) is 5.41 Å². The van der Waals surface area contributed by atoms with Gasteiger partial charge < -0.3 is 0 Å². The van der Waals surface area contributed by atoms with Crippen LogP contribution in [0.4, 0.5) is 4.39 Å². The summed E-state index contributed by atoms with van der Waals surface area (Å²) in [4.78, 5) is 0. The van der Waals surface area contributed by atoms with Crippen LogP contribution < -0.4 is 0 Å². The van der Waals surface area contributed by atoms with Crippen LogP contribution >= 0.6 is 31.9 Å². The molecule has 1 aromatic rings. The van der Waals surface area contributed by atoms with Crippen molar-refractivity contribution in [2.24, 2.45) is 16.7 Å². The number of hydrogen-bond donors (Lipinski definition) is 0. The highest BCUT2D eigenvalue weighted by atomic mass is 79.9.